The highest BCUT2D eigenvalue weighted by Crippen LogP contribution is 2.09. The van der Waals surface area contributed by atoms with Crippen molar-refractivity contribution in [2.45, 2.75) is 0 Å². The number of carbonyl (C=O) groups is 1. The van der Waals surface area contributed by atoms with Gasteiger partial charge in [0, 0.05) is 11.8 Å². The number of rotatable bonds is 1. The third kappa shape index (κ3) is 1.09. The van der Waals surface area contributed by atoms with Gasteiger partial charge in [-0.25, -0.2) is 4.52 Å². The maximum atomic E-state index is 10.6. The van der Waals surface area contributed by atoms with Gasteiger partial charge in [-0.15, -0.1) is 6.42 Å². The molecule has 0 bridgehead atoms. The normalized spacial score (nSPS) is 9.77. The number of hydrogen-bond acceptors (Lipinski definition) is 2. The largest absolute Gasteiger partial charge is 0.298 e. The topological polar surface area (TPSA) is 34.4 Å². The first-order valence-electron chi connectivity index (χ1n) is 3.74. The van der Waals surface area contributed by atoms with Crippen molar-refractivity contribution in [2.75, 3.05) is 0 Å². The molecule has 62 valence electrons. The lowest BCUT2D eigenvalue weighted by atomic mass is 10.2. The van der Waals surface area contributed by atoms with Gasteiger partial charge in [-0.05, 0) is 12.1 Å². The quantitative estimate of drug-likeness (QED) is 0.475. The van der Waals surface area contributed by atoms with Crippen LogP contribution in [-0.2, 0) is 0 Å². The van der Waals surface area contributed by atoms with Gasteiger partial charge in [0.05, 0.1) is 17.3 Å². The summed E-state index contributed by atoms with van der Waals surface area (Å²) in [6.45, 7) is 0. The van der Waals surface area contributed by atoms with E-state index >= 15 is 0 Å². The number of nitrogens with zero attached hydrogens (tertiary/aromatic N) is 2. The molecule has 0 spiro atoms. The van der Waals surface area contributed by atoms with Crippen LogP contribution in [0.3, 0.4) is 0 Å². The van der Waals surface area contributed by atoms with Crippen molar-refractivity contribution in [2.24, 2.45) is 0 Å². The van der Waals surface area contributed by atoms with Crippen molar-refractivity contribution >= 4 is 11.8 Å². The molecule has 0 radical (unpaired) electrons. The second kappa shape index (κ2) is 2.76. The van der Waals surface area contributed by atoms with Crippen LogP contribution in [0.4, 0.5) is 0 Å². The molecule has 0 saturated heterocycles. The number of aldehydes is 1. The molecule has 0 aliphatic heterocycles. The van der Waals surface area contributed by atoms with E-state index in [9.17, 15) is 4.79 Å². The van der Waals surface area contributed by atoms with Crippen LogP contribution in [0.25, 0.3) is 5.52 Å². The first-order valence-corrected chi connectivity index (χ1v) is 3.74. The summed E-state index contributed by atoms with van der Waals surface area (Å²) >= 11 is 0. The van der Waals surface area contributed by atoms with Gasteiger partial charge in [0.1, 0.15) is 0 Å². The molecule has 0 fully saturated rings. The summed E-state index contributed by atoms with van der Waals surface area (Å²) in [4.78, 5) is 10.6. The number of terminal acetylenes is 1. The minimum absolute atomic E-state index is 0.553. The van der Waals surface area contributed by atoms with E-state index in [0.717, 1.165) is 17.4 Å². The minimum atomic E-state index is 0.553. The van der Waals surface area contributed by atoms with Gasteiger partial charge >= 0.3 is 0 Å². The van der Waals surface area contributed by atoms with Gasteiger partial charge in [0.2, 0.25) is 0 Å². The summed E-state index contributed by atoms with van der Waals surface area (Å²) in [5.74, 6) is 2.50. The molecule has 2 aromatic heterocycles. The smallest absolute Gasteiger partial charge is 0.153 e. The van der Waals surface area contributed by atoms with Crippen molar-refractivity contribution in [3.63, 3.8) is 0 Å². The maximum Gasteiger partial charge on any atom is 0.153 e. The zero-order valence-electron chi connectivity index (χ0n) is 6.77. The Morgan fingerprint density at radius 3 is 3.15 bits per heavy atom. The lowest BCUT2D eigenvalue weighted by Crippen LogP contribution is -1.87. The monoisotopic (exact) mass is 170 g/mol. The molecule has 3 heteroatoms. The highest BCUT2D eigenvalue weighted by Gasteiger charge is 2.01. The van der Waals surface area contributed by atoms with Gasteiger partial charge in [-0.1, -0.05) is 5.92 Å². The molecular formula is C10H6N2O. The summed E-state index contributed by atoms with van der Waals surface area (Å²) in [5, 5.41) is 3.98. The second-order valence-corrected chi connectivity index (χ2v) is 2.61. The number of pyridine rings is 1. The van der Waals surface area contributed by atoms with Crippen LogP contribution in [0.15, 0.2) is 24.5 Å². The van der Waals surface area contributed by atoms with E-state index in [1.54, 1.807) is 22.8 Å². The number of carbonyl (C=O) groups excluding carboxylic acids is 1. The molecule has 0 aliphatic carbocycles. The van der Waals surface area contributed by atoms with Crippen LogP contribution >= 0.6 is 0 Å². The van der Waals surface area contributed by atoms with Crippen molar-refractivity contribution in [3.8, 4) is 12.3 Å². The first-order chi connectivity index (χ1) is 6.35. The van der Waals surface area contributed by atoms with Gasteiger partial charge in [0.25, 0.3) is 0 Å². The van der Waals surface area contributed by atoms with Gasteiger partial charge in [-0.3, -0.25) is 4.79 Å². The highest BCUT2D eigenvalue weighted by molar-refractivity contribution is 5.85. The third-order valence-corrected chi connectivity index (χ3v) is 1.84. The van der Waals surface area contributed by atoms with Crippen LogP contribution in [0.1, 0.15) is 15.9 Å². The Kier molecular flexibility index (Phi) is 1.60. The molecule has 0 saturated carbocycles. The fourth-order valence-corrected chi connectivity index (χ4v) is 1.18. The summed E-state index contributed by atoms with van der Waals surface area (Å²) in [5.41, 5.74) is 2.04. The Labute approximate surface area is 75.0 Å². The predicted octanol–water partition coefficient (Wildman–Crippen LogP) is 1.13. The Hall–Kier alpha value is -2.08. The van der Waals surface area contributed by atoms with E-state index in [2.05, 4.69) is 11.0 Å². The van der Waals surface area contributed by atoms with E-state index in [-0.39, 0.29) is 0 Å². The lowest BCUT2D eigenvalue weighted by Gasteiger charge is -1.93. The summed E-state index contributed by atoms with van der Waals surface area (Å²) in [6.07, 6.45) is 9.25. The third-order valence-electron chi connectivity index (χ3n) is 1.84. The first kappa shape index (κ1) is 7.56. The lowest BCUT2D eigenvalue weighted by molar-refractivity contribution is 0.112. The molecule has 3 nitrogen and oxygen atoms in total. The molecule has 0 aliphatic rings. The van der Waals surface area contributed by atoms with E-state index < -0.39 is 0 Å². The highest BCUT2D eigenvalue weighted by atomic mass is 16.1. The molecular weight excluding hydrogens is 164 g/mol. The molecule has 0 N–H and O–H groups in total. The SMILES string of the molecule is C#Cc1ccn2ncc(C=O)c2c1. The van der Waals surface area contributed by atoms with Crippen molar-refractivity contribution < 1.29 is 4.79 Å². The molecule has 2 aromatic rings. The van der Waals surface area contributed by atoms with Crippen LogP contribution in [0.2, 0.25) is 0 Å². The number of fused-ring (bicyclic) bond motifs is 1. The van der Waals surface area contributed by atoms with Crippen molar-refractivity contribution in [1.82, 2.24) is 9.61 Å². The van der Waals surface area contributed by atoms with Crippen LogP contribution in [-0.4, -0.2) is 15.9 Å². The summed E-state index contributed by atoms with van der Waals surface area (Å²) in [6, 6.07) is 3.53. The number of aromatic nitrogens is 2. The van der Waals surface area contributed by atoms with E-state index in [1.807, 2.05) is 0 Å². The zero-order valence-corrected chi connectivity index (χ0v) is 6.77. The Morgan fingerprint density at radius 1 is 1.62 bits per heavy atom. The Balaban J connectivity index is 2.80. The fourth-order valence-electron chi connectivity index (χ4n) is 1.18. The van der Waals surface area contributed by atoms with Gasteiger partial charge in [0.15, 0.2) is 6.29 Å². The predicted molar refractivity (Wildman–Crippen MR) is 48.5 cm³/mol. The zero-order chi connectivity index (χ0) is 9.26. The average molecular weight is 170 g/mol. The van der Waals surface area contributed by atoms with E-state index in [0.29, 0.717) is 5.56 Å². The molecule has 0 atom stereocenters. The molecule has 0 aromatic carbocycles. The average Bonchev–Trinajstić information content (AvgIpc) is 2.59. The maximum absolute atomic E-state index is 10.6. The van der Waals surface area contributed by atoms with Gasteiger partial charge in [-0.2, -0.15) is 5.10 Å². The van der Waals surface area contributed by atoms with Crippen LogP contribution in [0, 0.1) is 12.3 Å². The molecule has 0 unspecified atom stereocenters. The molecule has 2 heterocycles. The van der Waals surface area contributed by atoms with E-state index in [4.69, 9.17) is 6.42 Å². The molecule has 2 rings (SSSR count). The Bertz CT molecular complexity index is 505. The van der Waals surface area contributed by atoms with Crippen LogP contribution < -0.4 is 0 Å². The minimum Gasteiger partial charge on any atom is -0.298 e. The number of hydrogen-bond donors (Lipinski definition) is 0. The standard InChI is InChI=1S/C10H6N2O/c1-2-8-3-4-12-10(5-8)9(7-13)6-11-12/h1,3-7H. The fraction of sp³-hybridized carbons (Fsp3) is 0. The molecule has 13 heavy (non-hydrogen) atoms. The van der Waals surface area contributed by atoms with E-state index in [1.165, 1.54) is 6.20 Å². The summed E-state index contributed by atoms with van der Waals surface area (Å²) in [7, 11) is 0. The summed E-state index contributed by atoms with van der Waals surface area (Å²) < 4.78 is 1.62. The Morgan fingerprint density at radius 2 is 2.46 bits per heavy atom. The van der Waals surface area contributed by atoms with Crippen molar-refractivity contribution in [3.05, 3.63) is 35.7 Å². The second-order valence-electron chi connectivity index (χ2n) is 2.61. The van der Waals surface area contributed by atoms with Gasteiger partial charge < -0.3 is 0 Å². The van der Waals surface area contributed by atoms with Crippen LogP contribution in [0.5, 0.6) is 0 Å². The van der Waals surface area contributed by atoms with Crippen molar-refractivity contribution in [1.29, 1.82) is 0 Å². The molecule has 0 amide bonds.